The Morgan fingerprint density at radius 1 is 1.15 bits per heavy atom. The van der Waals surface area contributed by atoms with Gasteiger partial charge in [-0.3, -0.25) is 9.59 Å². The summed E-state index contributed by atoms with van der Waals surface area (Å²) >= 11 is 9.75. The number of aromatic nitrogens is 3. The summed E-state index contributed by atoms with van der Waals surface area (Å²) in [5.41, 5.74) is 3.30. The summed E-state index contributed by atoms with van der Waals surface area (Å²) < 4.78 is 2.95. The Kier molecular flexibility index (Phi) is 9.00. The average Bonchev–Trinajstić information content (AvgIpc) is 3.13. The number of carbonyl (C=O) groups is 2. The SMILES string of the molecule is Cc1cc(I)cc(C)c1NC(=O)CSc1nnc([C@@H](NC(=O)c2ccccc2Cl)C(C)C)n1C. The molecule has 7 nitrogen and oxygen atoms in total. The van der Waals surface area contributed by atoms with E-state index in [9.17, 15) is 9.59 Å². The summed E-state index contributed by atoms with van der Waals surface area (Å²) in [6, 6.07) is 10.6. The second-order valence-corrected chi connectivity index (χ2v) is 10.9. The van der Waals surface area contributed by atoms with Crippen LogP contribution in [0.5, 0.6) is 0 Å². The zero-order valence-corrected chi connectivity index (χ0v) is 23.4. The third kappa shape index (κ3) is 6.31. The van der Waals surface area contributed by atoms with Crippen molar-refractivity contribution in [2.45, 2.75) is 38.9 Å². The monoisotopic (exact) mass is 611 g/mol. The summed E-state index contributed by atoms with van der Waals surface area (Å²) in [5.74, 6) is 0.471. The molecule has 0 spiro atoms. The molecule has 0 aliphatic rings. The first kappa shape index (κ1) is 26.5. The molecule has 2 aromatic carbocycles. The Morgan fingerprint density at radius 3 is 2.41 bits per heavy atom. The quantitative estimate of drug-likeness (QED) is 0.258. The Bertz CT molecular complexity index is 1190. The zero-order chi connectivity index (χ0) is 25.0. The summed E-state index contributed by atoms with van der Waals surface area (Å²) in [4.78, 5) is 25.4. The van der Waals surface area contributed by atoms with Gasteiger partial charge in [0.2, 0.25) is 5.91 Å². The molecule has 1 heterocycles. The van der Waals surface area contributed by atoms with Crippen LogP contribution in [0.4, 0.5) is 5.69 Å². The minimum Gasteiger partial charge on any atom is -0.342 e. The highest BCUT2D eigenvalue weighted by Crippen LogP contribution is 2.27. The number of rotatable bonds is 8. The topological polar surface area (TPSA) is 88.9 Å². The summed E-state index contributed by atoms with van der Waals surface area (Å²) in [7, 11) is 1.83. The molecule has 1 aromatic heterocycles. The molecule has 0 saturated carbocycles. The molecule has 0 radical (unpaired) electrons. The van der Waals surface area contributed by atoms with Crippen LogP contribution < -0.4 is 10.6 Å². The van der Waals surface area contributed by atoms with E-state index < -0.39 is 0 Å². The van der Waals surface area contributed by atoms with Crippen molar-refractivity contribution in [1.29, 1.82) is 0 Å². The molecule has 3 rings (SSSR count). The van der Waals surface area contributed by atoms with Gasteiger partial charge in [0.05, 0.1) is 22.4 Å². The first-order chi connectivity index (χ1) is 16.1. The molecule has 1 atom stereocenters. The Balaban J connectivity index is 1.69. The van der Waals surface area contributed by atoms with Gasteiger partial charge < -0.3 is 15.2 Å². The Morgan fingerprint density at radius 2 is 1.79 bits per heavy atom. The number of halogens is 2. The fourth-order valence-electron chi connectivity index (χ4n) is 3.53. The van der Waals surface area contributed by atoms with Crippen molar-refractivity contribution in [3.63, 3.8) is 0 Å². The highest BCUT2D eigenvalue weighted by atomic mass is 127. The van der Waals surface area contributed by atoms with Crippen LogP contribution in [0, 0.1) is 23.3 Å². The van der Waals surface area contributed by atoms with Gasteiger partial charge in [-0.1, -0.05) is 49.3 Å². The third-order valence-corrected chi connectivity index (χ3v) is 7.29. The number of amides is 2. The minimum atomic E-state index is -0.374. The van der Waals surface area contributed by atoms with E-state index in [0.717, 1.165) is 20.4 Å². The number of hydrogen-bond acceptors (Lipinski definition) is 5. The van der Waals surface area contributed by atoms with Crippen molar-refractivity contribution in [3.05, 3.63) is 67.5 Å². The molecule has 0 bridgehead atoms. The summed E-state index contributed by atoms with van der Waals surface area (Å²) in [6.07, 6.45) is 0. The second-order valence-electron chi connectivity index (χ2n) is 8.33. The predicted octanol–water partition coefficient (Wildman–Crippen LogP) is 5.55. The van der Waals surface area contributed by atoms with Gasteiger partial charge in [-0.25, -0.2) is 0 Å². The molecule has 34 heavy (non-hydrogen) atoms. The number of carbonyl (C=O) groups excluding carboxylic acids is 2. The highest BCUT2D eigenvalue weighted by Gasteiger charge is 2.26. The maximum absolute atomic E-state index is 12.8. The molecular weight excluding hydrogens is 585 g/mol. The van der Waals surface area contributed by atoms with E-state index in [1.165, 1.54) is 11.8 Å². The van der Waals surface area contributed by atoms with E-state index in [2.05, 4.69) is 43.4 Å². The van der Waals surface area contributed by atoms with Gasteiger partial charge in [-0.15, -0.1) is 10.2 Å². The minimum absolute atomic E-state index is 0.0577. The molecule has 0 unspecified atom stereocenters. The number of benzene rings is 2. The molecule has 180 valence electrons. The van der Waals surface area contributed by atoms with Crippen LogP contribution in [0.1, 0.15) is 47.2 Å². The van der Waals surface area contributed by atoms with Crippen molar-refractivity contribution in [1.82, 2.24) is 20.1 Å². The Labute approximate surface area is 222 Å². The van der Waals surface area contributed by atoms with E-state index >= 15 is 0 Å². The van der Waals surface area contributed by atoms with Crippen molar-refractivity contribution in [3.8, 4) is 0 Å². The van der Waals surface area contributed by atoms with Gasteiger partial charge in [0.15, 0.2) is 11.0 Å². The smallest absolute Gasteiger partial charge is 0.253 e. The van der Waals surface area contributed by atoms with E-state index in [0.29, 0.717) is 21.6 Å². The molecule has 0 aliphatic carbocycles. The van der Waals surface area contributed by atoms with Gasteiger partial charge in [-0.05, 0) is 77.7 Å². The molecule has 2 N–H and O–H groups in total. The predicted molar refractivity (Wildman–Crippen MR) is 145 cm³/mol. The molecule has 2 amide bonds. The molecule has 0 saturated heterocycles. The standard InChI is InChI=1S/C24H27ClIN5O2S/c1-13(2)20(28-23(33)17-8-6-7-9-18(17)25)22-29-30-24(31(22)5)34-12-19(32)27-21-14(3)10-16(26)11-15(21)4/h6-11,13,20H,12H2,1-5H3,(H,27,32)(H,28,33)/t20-/m0/s1. The largest absolute Gasteiger partial charge is 0.342 e. The molecule has 0 aliphatic heterocycles. The number of aryl methyl sites for hydroxylation is 2. The first-order valence-electron chi connectivity index (χ1n) is 10.7. The van der Waals surface area contributed by atoms with Gasteiger partial charge in [0, 0.05) is 16.3 Å². The lowest BCUT2D eigenvalue weighted by Gasteiger charge is -2.22. The lowest BCUT2D eigenvalue weighted by atomic mass is 10.0. The number of nitrogens with zero attached hydrogens (tertiary/aromatic N) is 3. The fourth-order valence-corrected chi connectivity index (χ4v) is 5.40. The van der Waals surface area contributed by atoms with Gasteiger partial charge in [0.1, 0.15) is 0 Å². The summed E-state index contributed by atoms with van der Waals surface area (Å²) in [5, 5.41) is 15.6. The zero-order valence-electron chi connectivity index (χ0n) is 19.6. The number of hydrogen-bond donors (Lipinski definition) is 2. The van der Waals surface area contributed by atoms with Crippen LogP contribution in [0.2, 0.25) is 5.02 Å². The molecular formula is C24H27ClIN5O2S. The van der Waals surface area contributed by atoms with Crippen LogP contribution in [-0.4, -0.2) is 32.3 Å². The van der Waals surface area contributed by atoms with Crippen molar-refractivity contribution in [2.24, 2.45) is 13.0 Å². The van der Waals surface area contributed by atoms with Crippen LogP contribution in [-0.2, 0) is 11.8 Å². The van der Waals surface area contributed by atoms with E-state index in [4.69, 9.17) is 11.6 Å². The Hall–Kier alpha value is -2.11. The van der Waals surface area contributed by atoms with Gasteiger partial charge in [-0.2, -0.15) is 0 Å². The summed E-state index contributed by atoms with van der Waals surface area (Å²) in [6.45, 7) is 7.96. The van der Waals surface area contributed by atoms with Crippen LogP contribution >= 0.6 is 46.0 Å². The number of anilines is 1. The van der Waals surface area contributed by atoms with E-state index in [1.54, 1.807) is 24.3 Å². The number of thioether (sulfide) groups is 1. The third-order valence-electron chi connectivity index (χ3n) is 5.31. The molecule has 0 fully saturated rings. The molecule has 3 aromatic rings. The van der Waals surface area contributed by atoms with Crippen LogP contribution in [0.3, 0.4) is 0 Å². The fraction of sp³-hybridized carbons (Fsp3) is 0.333. The van der Waals surface area contributed by atoms with E-state index in [-0.39, 0.29) is 29.5 Å². The van der Waals surface area contributed by atoms with E-state index in [1.807, 2.05) is 51.4 Å². The van der Waals surface area contributed by atoms with Crippen molar-refractivity contribution < 1.29 is 9.59 Å². The van der Waals surface area contributed by atoms with Crippen molar-refractivity contribution in [2.75, 3.05) is 11.1 Å². The van der Waals surface area contributed by atoms with Crippen molar-refractivity contribution >= 4 is 63.5 Å². The normalized spacial score (nSPS) is 12.0. The number of nitrogens with one attached hydrogen (secondary N) is 2. The van der Waals surface area contributed by atoms with Gasteiger partial charge in [0.25, 0.3) is 5.91 Å². The van der Waals surface area contributed by atoms with Crippen LogP contribution in [0.15, 0.2) is 41.6 Å². The maximum Gasteiger partial charge on any atom is 0.253 e. The lowest BCUT2D eigenvalue weighted by Crippen LogP contribution is -2.33. The van der Waals surface area contributed by atoms with Gasteiger partial charge >= 0.3 is 0 Å². The highest BCUT2D eigenvalue weighted by molar-refractivity contribution is 14.1. The first-order valence-corrected chi connectivity index (χ1v) is 13.2. The lowest BCUT2D eigenvalue weighted by molar-refractivity contribution is -0.113. The maximum atomic E-state index is 12.8. The second kappa shape index (κ2) is 11.5. The molecule has 10 heteroatoms. The average molecular weight is 612 g/mol. The van der Waals surface area contributed by atoms with Crippen LogP contribution in [0.25, 0.3) is 0 Å².